The van der Waals surface area contributed by atoms with Gasteiger partial charge >= 0.3 is 12.1 Å². The van der Waals surface area contributed by atoms with Gasteiger partial charge in [-0.15, -0.1) is 0 Å². The molecule has 1 saturated heterocycles. The minimum atomic E-state index is -0.904. The van der Waals surface area contributed by atoms with E-state index in [1.54, 1.807) is 17.0 Å². The third-order valence-corrected chi connectivity index (χ3v) is 4.45. The summed E-state index contributed by atoms with van der Waals surface area (Å²) >= 11 is 0. The molecule has 0 spiro atoms. The van der Waals surface area contributed by atoms with Crippen LogP contribution in [0, 0.1) is 5.41 Å². The van der Waals surface area contributed by atoms with Gasteiger partial charge in [-0.2, -0.15) is 0 Å². The van der Waals surface area contributed by atoms with Gasteiger partial charge < -0.3 is 14.7 Å². The van der Waals surface area contributed by atoms with E-state index in [-0.39, 0.29) is 11.5 Å². The van der Waals surface area contributed by atoms with Gasteiger partial charge in [-0.3, -0.25) is 0 Å². The van der Waals surface area contributed by atoms with Crippen molar-refractivity contribution in [2.75, 3.05) is 13.1 Å². The fraction of sp³-hybridized carbons (Fsp3) is 0.579. The van der Waals surface area contributed by atoms with E-state index in [9.17, 15) is 9.59 Å². The lowest BCUT2D eigenvalue weighted by Gasteiger charge is -2.40. The van der Waals surface area contributed by atoms with Gasteiger partial charge in [0, 0.05) is 13.1 Å². The molecular formula is C19H27NO4. The molecule has 0 atom stereocenters. The van der Waals surface area contributed by atoms with E-state index in [4.69, 9.17) is 9.84 Å². The highest BCUT2D eigenvalue weighted by Gasteiger charge is 2.33. The molecule has 0 aliphatic carbocycles. The Bertz CT molecular complexity index is 593. The Morgan fingerprint density at radius 1 is 1.17 bits per heavy atom. The highest BCUT2D eigenvalue weighted by molar-refractivity contribution is 5.87. The van der Waals surface area contributed by atoms with Gasteiger partial charge in [-0.05, 0) is 63.1 Å². The highest BCUT2D eigenvalue weighted by atomic mass is 16.6. The van der Waals surface area contributed by atoms with E-state index < -0.39 is 11.6 Å². The predicted molar refractivity (Wildman–Crippen MR) is 92.3 cm³/mol. The minimum absolute atomic E-state index is 0.114. The van der Waals surface area contributed by atoms with Crippen LogP contribution >= 0.6 is 0 Å². The van der Waals surface area contributed by atoms with Gasteiger partial charge in [-0.25, -0.2) is 9.59 Å². The number of rotatable bonds is 3. The number of carbonyl (C=O) groups is 2. The Hall–Kier alpha value is -2.04. The maximum absolute atomic E-state index is 12.1. The van der Waals surface area contributed by atoms with Gasteiger partial charge in [0.05, 0.1) is 5.56 Å². The molecule has 1 aromatic carbocycles. The van der Waals surface area contributed by atoms with Crippen LogP contribution in [0.15, 0.2) is 24.3 Å². The maximum atomic E-state index is 12.1. The highest BCUT2D eigenvalue weighted by Crippen LogP contribution is 2.35. The first-order chi connectivity index (χ1) is 11.1. The average molecular weight is 333 g/mol. The molecule has 2 rings (SSSR count). The molecule has 1 N–H and O–H groups in total. The van der Waals surface area contributed by atoms with Crippen LogP contribution in [0.25, 0.3) is 0 Å². The Kier molecular flexibility index (Phi) is 5.21. The van der Waals surface area contributed by atoms with Crippen molar-refractivity contribution in [2.45, 2.75) is 52.6 Å². The lowest BCUT2D eigenvalue weighted by Crippen LogP contribution is -2.45. The number of nitrogens with zero attached hydrogens (tertiary/aromatic N) is 1. The zero-order chi connectivity index (χ0) is 18.0. The molecule has 0 unspecified atom stereocenters. The van der Waals surface area contributed by atoms with Gasteiger partial charge in [0.25, 0.3) is 0 Å². The van der Waals surface area contributed by atoms with Crippen LogP contribution in [0.1, 0.15) is 56.5 Å². The van der Waals surface area contributed by atoms with Crippen LogP contribution in [-0.2, 0) is 11.2 Å². The number of hydrogen-bond acceptors (Lipinski definition) is 3. The van der Waals surface area contributed by atoms with Crippen LogP contribution in [0.3, 0.4) is 0 Å². The molecule has 1 aliphatic rings. The Morgan fingerprint density at radius 3 is 2.17 bits per heavy atom. The van der Waals surface area contributed by atoms with Crippen molar-refractivity contribution in [2.24, 2.45) is 5.41 Å². The Balaban J connectivity index is 1.92. The van der Waals surface area contributed by atoms with Crippen molar-refractivity contribution < 1.29 is 19.4 Å². The number of likely N-dealkylation sites (tertiary alicyclic amines) is 1. The molecule has 24 heavy (non-hydrogen) atoms. The van der Waals surface area contributed by atoms with Crippen LogP contribution in [0.2, 0.25) is 0 Å². The average Bonchev–Trinajstić information content (AvgIpc) is 2.46. The number of hydrogen-bond donors (Lipinski definition) is 1. The molecule has 0 radical (unpaired) electrons. The number of amides is 1. The smallest absolute Gasteiger partial charge is 0.410 e. The molecule has 1 fully saturated rings. The predicted octanol–water partition coefficient (Wildman–Crippen LogP) is 3.96. The van der Waals surface area contributed by atoms with E-state index in [2.05, 4.69) is 6.92 Å². The number of ether oxygens (including phenoxy) is 1. The van der Waals surface area contributed by atoms with Gasteiger partial charge in [0.2, 0.25) is 0 Å². The molecule has 132 valence electrons. The quantitative estimate of drug-likeness (QED) is 0.909. The summed E-state index contributed by atoms with van der Waals surface area (Å²) in [6.45, 7) is 9.24. The number of benzene rings is 1. The number of carboxylic acids is 1. The first kappa shape index (κ1) is 18.3. The second-order valence-electron chi connectivity index (χ2n) is 7.96. The lowest BCUT2D eigenvalue weighted by molar-refractivity contribution is 0.0119. The third kappa shape index (κ3) is 4.98. The van der Waals surface area contributed by atoms with Crippen molar-refractivity contribution in [1.29, 1.82) is 0 Å². The first-order valence-electron chi connectivity index (χ1n) is 8.38. The summed E-state index contributed by atoms with van der Waals surface area (Å²) in [5.74, 6) is -0.904. The van der Waals surface area contributed by atoms with Gasteiger partial charge in [0.15, 0.2) is 0 Å². The summed E-state index contributed by atoms with van der Waals surface area (Å²) in [7, 11) is 0. The molecule has 5 heteroatoms. The van der Waals surface area contributed by atoms with E-state index in [1.807, 2.05) is 32.9 Å². The van der Waals surface area contributed by atoms with Crippen LogP contribution in [0.5, 0.6) is 0 Å². The zero-order valence-corrected chi connectivity index (χ0v) is 15.0. The van der Waals surface area contributed by atoms with E-state index in [1.165, 1.54) is 0 Å². The second-order valence-corrected chi connectivity index (χ2v) is 7.96. The molecule has 0 saturated carbocycles. The molecule has 0 aromatic heterocycles. The normalized spacial score (nSPS) is 17.4. The molecule has 5 nitrogen and oxygen atoms in total. The van der Waals surface area contributed by atoms with Crippen molar-refractivity contribution in [3.05, 3.63) is 35.4 Å². The van der Waals surface area contributed by atoms with Crippen molar-refractivity contribution >= 4 is 12.1 Å². The number of carboxylic acid groups (broad SMARTS) is 1. The Morgan fingerprint density at radius 2 is 1.71 bits per heavy atom. The monoisotopic (exact) mass is 333 g/mol. The van der Waals surface area contributed by atoms with E-state index in [0.29, 0.717) is 18.7 Å². The summed E-state index contributed by atoms with van der Waals surface area (Å²) < 4.78 is 5.43. The fourth-order valence-electron chi connectivity index (χ4n) is 2.99. The van der Waals surface area contributed by atoms with Crippen molar-refractivity contribution in [3.63, 3.8) is 0 Å². The maximum Gasteiger partial charge on any atom is 0.410 e. The molecule has 1 heterocycles. The van der Waals surface area contributed by atoms with E-state index >= 15 is 0 Å². The zero-order valence-electron chi connectivity index (χ0n) is 15.0. The molecular weight excluding hydrogens is 306 g/mol. The summed E-state index contributed by atoms with van der Waals surface area (Å²) in [4.78, 5) is 24.8. The Labute approximate surface area is 143 Å². The van der Waals surface area contributed by atoms with Gasteiger partial charge in [-0.1, -0.05) is 19.1 Å². The molecule has 1 aromatic rings. The summed E-state index contributed by atoms with van der Waals surface area (Å²) in [6.07, 6.45) is 2.46. The fourth-order valence-corrected chi connectivity index (χ4v) is 2.99. The topological polar surface area (TPSA) is 66.8 Å². The second kappa shape index (κ2) is 6.83. The van der Waals surface area contributed by atoms with E-state index in [0.717, 1.165) is 24.8 Å². The third-order valence-electron chi connectivity index (χ3n) is 4.45. The number of aromatic carboxylic acids is 1. The standard InChI is InChI=1S/C19H27NO4/c1-18(2,3)24-17(23)20-11-9-19(4,10-12-20)13-14-5-7-15(8-6-14)16(21)22/h5-8H,9-13H2,1-4H3,(H,21,22). The summed E-state index contributed by atoms with van der Waals surface area (Å²) in [5, 5.41) is 8.96. The SMILES string of the molecule is CC1(Cc2ccc(C(=O)O)cc2)CCN(C(=O)OC(C)(C)C)CC1. The molecule has 0 bridgehead atoms. The summed E-state index contributed by atoms with van der Waals surface area (Å²) in [6, 6.07) is 7.07. The largest absolute Gasteiger partial charge is 0.478 e. The van der Waals surface area contributed by atoms with Crippen LogP contribution in [-0.4, -0.2) is 40.8 Å². The minimum Gasteiger partial charge on any atom is -0.478 e. The first-order valence-corrected chi connectivity index (χ1v) is 8.38. The molecule has 1 aliphatic heterocycles. The van der Waals surface area contributed by atoms with Gasteiger partial charge in [0.1, 0.15) is 5.60 Å². The lowest BCUT2D eigenvalue weighted by atomic mass is 9.75. The van der Waals surface area contributed by atoms with Crippen molar-refractivity contribution in [3.8, 4) is 0 Å². The number of piperidine rings is 1. The number of carbonyl (C=O) groups excluding carboxylic acids is 1. The molecule has 1 amide bonds. The van der Waals surface area contributed by atoms with Crippen molar-refractivity contribution in [1.82, 2.24) is 4.90 Å². The van der Waals surface area contributed by atoms with Crippen LogP contribution < -0.4 is 0 Å². The van der Waals surface area contributed by atoms with Crippen LogP contribution in [0.4, 0.5) is 4.79 Å². The summed E-state index contributed by atoms with van der Waals surface area (Å²) in [5.41, 5.74) is 1.09.